The van der Waals surface area contributed by atoms with Crippen LogP contribution in [0.25, 0.3) is 32.9 Å². The minimum Gasteiger partial charge on any atom is -0.468 e. The van der Waals surface area contributed by atoms with E-state index in [0.29, 0.717) is 48.0 Å². The van der Waals surface area contributed by atoms with Crippen LogP contribution in [0.2, 0.25) is 0 Å². The first-order valence-corrected chi connectivity index (χ1v) is 14.0. The summed E-state index contributed by atoms with van der Waals surface area (Å²) in [6.07, 6.45) is 2.97. The predicted octanol–water partition coefficient (Wildman–Crippen LogP) is 2.20. The van der Waals surface area contributed by atoms with E-state index in [2.05, 4.69) is 15.2 Å². The Morgan fingerprint density at radius 2 is 1.86 bits per heavy atom. The summed E-state index contributed by atoms with van der Waals surface area (Å²) in [6, 6.07) is 8.72. The van der Waals surface area contributed by atoms with Gasteiger partial charge in [0, 0.05) is 56.4 Å². The summed E-state index contributed by atoms with van der Waals surface area (Å²) >= 11 is 0. The number of likely N-dealkylation sites (N-methyl/N-ethyl adjacent to an activating group) is 1. The molecule has 0 atom stereocenters. The first-order valence-electron chi connectivity index (χ1n) is 14.0. The Morgan fingerprint density at radius 3 is 2.56 bits per heavy atom. The number of fused-ring (bicyclic) bond motifs is 2. The number of aryl methyl sites for hydroxylation is 1. The normalized spacial score (nSPS) is 13.8. The molecule has 3 heterocycles. The molecular formula is C30H34FN7O5. The van der Waals surface area contributed by atoms with Crippen LogP contribution < -0.4 is 5.32 Å². The molecule has 0 aliphatic carbocycles. The maximum absolute atomic E-state index is 15.6. The molecule has 0 spiro atoms. The SMILES string of the molecule is COC(=O)CN(C)C(=O)CNC(=O)Cn1nc(C2CCN(C(C)=O)CC2)c2c(-c3cc4c(cnn4C)cc3F)cccc21. The summed E-state index contributed by atoms with van der Waals surface area (Å²) in [6.45, 7) is 1.99. The average molecular weight is 592 g/mol. The minimum absolute atomic E-state index is 0.0133. The monoisotopic (exact) mass is 591 g/mol. The van der Waals surface area contributed by atoms with Gasteiger partial charge in [-0.3, -0.25) is 28.5 Å². The summed E-state index contributed by atoms with van der Waals surface area (Å²) in [7, 11) is 4.47. The highest BCUT2D eigenvalue weighted by molar-refractivity contribution is 6.00. The van der Waals surface area contributed by atoms with Gasteiger partial charge in [-0.15, -0.1) is 0 Å². The lowest BCUT2D eigenvalue weighted by molar-refractivity contribution is -0.146. The van der Waals surface area contributed by atoms with Crippen LogP contribution in [0.15, 0.2) is 36.5 Å². The zero-order valence-corrected chi connectivity index (χ0v) is 24.6. The molecule has 4 aromatic rings. The number of esters is 1. The van der Waals surface area contributed by atoms with E-state index in [1.807, 2.05) is 12.1 Å². The molecule has 0 radical (unpaired) electrons. The number of amides is 3. The topological polar surface area (TPSA) is 132 Å². The molecule has 226 valence electrons. The number of nitrogens with zero attached hydrogens (tertiary/aromatic N) is 6. The second-order valence-electron chi connectivity index (χ2n) is 10.8. The first kappa shape index (κ1) is 29.7. The van der Waals surface area contributed by atoms with E-state index in [4.69, 9.17) is 5.10 Å². The number of rotatable bonds is 8. The maximum atomic E-state index is 15.6. The summed E-state index contributed by atoms with van der Waals surface area (Å²) in [4.78, 5) is 51.8. The van der Waals surface area contributed by atoms with Crippen molar-refractivity contribution in [2.45, 2.75) is 32.2 Å². The van der Waals surface area contributed by atoms with Crippen LogP contribution in [-0.2, 0) is 37.5 Å². The van der Waals surface area contributed by atoms with Crippen LogP contribution in [0.3, 0.4) is 0 Å². The lowest BCUT2D eigenvalue weighted by Gasteiger charge is -2.30. The van der Waals surface area contributed by atoms with Gasteiger partial charge < -0.3 is 19.9 Å². The molecule has 12 nitrogen and oxygen atoms in total. The van der Waals surface area contributed by atoms with Crippen LogP contribution in [0.5, 0.6) is 0 Å². The first-order chi connectivity index (χ1) is 20.6. The van der Waals surface area contributed by atoms with Crippen molar-refractivity contribution in [2.75, 3.05) is 40.3 Å². The fourth-order valence-electron chi connectivity index (χ4n) is 5.58. The predicted molar refractivity (Wildman–Crippen MR) is 156 cm³/mol. The quantitative estimate of drug-likeness (QED) is 0.311. The molecule has 1 aliphatic rings. The van der Waals surface area contributed by atoms with Gasteiger partial charge in [0.25, 0.3) is 0 Å². The van der Waals surface area contributed by atoms with E-state index in [9.17, 15) is 19.2 Å². The van der Waals surface area contributed by atoms with Crippen LogP contribution in [0.4, 0.5) is 4.39 Å². The minimum atomic E-state index is -0.568. The number of benzene rings is 2. The molecule has 3 amide bonds. The number of nitrogens with one attached hydrogen (secondary N) is 1. The molecule has 1 aliphatic heterocycles. The fraction of sp³-hybridized carbons (Fsp3) is 0.400. The van der Waals surface area contributed by atoms with E-state index >= 15 is 4.39 Å². The van der Waals surface area contributed by atoms with Gasteiger partial charge in [0.15, 0.2) is 0 Å². The third-order valence-corrected chi connectivity index (χ3v) is 8.01. The zero-order valence-electron chi connectivity index (χ0n) is 24.6. The van der Waals surface area contributed by atoms with Gasteiger partial charge in [-0.25, -0.2) is 4.39 Å². The van der Waals surface area contributed by atoms with Crippen molar-refractivity contribution in [3.8, 4) is 11.1 Å². The molecule has 2 aromatic heterocycles. The summed E-state index contributed by atoms with van der Waals surface area (Å²) in [5, 5.41) is 13.2. The van der Waals surface area contributed by atoms with Crippen molar-refractivity contribution < 1.29 is 28.3 Å². The molecule has 2 aromatic carbocycles. The van der Waals surface area contributed by atoms with Gasteiger partial charge in [-0.05, 0) is 36.6 Å². The Balaban J connectivity index is 1.49. The van der Waals surface area contributed by atoms with Gasteiger partial charge in [-0.1, -0.05) is 12.1 Å². The van der Waals surface area contributed by atoms with Gasteiger partial charge >= 0.3 is 5.97 Å². The smallest absolute Gasteiger partial charge is 0.325 e. The molecular weight excluding hydrogens is 557 g/mol. The molecule has 0 unspecified atom stereocenters. The Morgan fingerprint density at radius 1 is 1.12 bits per heavy atom. The highest BCUT2D eigenvalue weighted by Gasteiger charge is 2.28. The second kappa shape index (κ2) is 12.2. The molecule has 1 saturated heterocycles. The molecule has 0 bridgehead atoms. The molecule has 0 saturated carbocycles. The van der Waals surface area contributed by atoms with E-state index in [-0.39, 0.29) is 31.5 Å². The van der Waals surface area contributed by atoms with Crippen LogP contribution >= 0.6 is 0 Å². The van der Waals surface area contributed by atoms with E-state index < -0.39 is 23.6 Å². The van der Waals surface area contributed by atoms with Crippen LogP contribution in [0, 0.1) is 5.82 Å². The fourth-order valence-corrected chi connectivity index (χ4v) is 5.58. The molecule has 5 rings (SSSR count). The Labute approximate surface area is 247 Å². The number of carbonyl (C=O) groups excluding carboxylic acids is 4. The number of likely N-dealkylation sites (tertiary alicyclic amines) is 1. The number of aromatic nitrogens is 4. The van der Waals surface area contributed by atoms with Gasteiger partial charge in [0.2, 0.25) is 17.7 Å². The highest BCUT2D eigenvalue weighted by Crippen LogP contribution is 2.39. The number of carbonyl (C=O) groups is 4. The van der Waals surface area contributed by atoms with Crippen molar-refractivity contribution >= 4 is 45.5 Å². The summed E-state index contributed by atoms with van der Waals surface area (Å²) in [5.74, 6) is -1.86. The summed E-state index contributed by atoms with van der Waals surface area (Å²) in [5.41, 5.74) is 3.20. The number of halogens is 1. The standard InChI is InChI=1S/C30H34FN7O5/c1-18(39)37-10-8-19(9-11-37)30-29-21(22-13-25-20(12-23(22)31)14-33-36(25)3)6-5-7-24(29)38(34-30)16-26(40)32-15-27(41)35(2)17-28(42)43-4/h5-7,12-14,19H,8-11,15-17H2,1-4H3,(H,32,40). The third kappa shape index (κ3) is 6.06. The maximum Gasteiger partial charge on any atom is 0.325 e. The molecule has 13 heteroatoms. The lowest BCUT2D eigenvalue weighted by atomic mass is 9.89. The molecule has 1 fully saturated rings. The number of hydrogen-bond acceptors (Lipinski definition) is 7. The Kier molecular flexibility index (Phi) is 8.42. The third-order valence-electron chi connectivity index (χ3n) is 8.01. The van der Waals surface area contributed by atoms with Crippen molar-refractivity contribution in [1.29, 1.82) is 0 Å². The summed E-state index contributed by atoms with van der Waals surface area (Å²) < 4.78 is 23.4. The van der Waals surface area contributed by atoms with Crippen molar-refractivity contribution in [3.63, 3.8) is 0 Å². The van der Waals surface area contributed by atoms with Gasteiger partial charge in [0.1, 0.15) is 18.9 Å². The number of piperidine rings is 1. The van der Waals surface area contributed by atoms with E-state index in [0.717, 1.165) is 16.6 Å². The second-order valence-corrected chi connectivity index (χ2v) is 10.8. The van der Waals surface area contributed by atoms with Crippen LogP contribution in [0.1, 0.15) is 31.4 Å². The van der Waals surface area contributed by atoms with E-state index in [1.165, 1.54) is 25.1 Å². The largest absolute Gasteiger partial charge is 0.468 e. The number of methoxy groups -OCH3 is 1. The zero-order chi connectivity index (χ0) is 30.8. The number of ether oxygens (including phenoxy) is 1. The van der Waals surface area contributed by atoms with Crippen molar-refractivity contribution in [1.82, 2.24) is 34.7 Å². The molecule has 1 N–H and O–H groups in total. The van der Waals surface area contributed by atoms with Crippen molar-refractivity contribution in [2.24, 2.45) is 7.05 Å². The molecule has 43 heavy (non-hydrogen) atoms. The Bertz CT molecular complexity index is 1720. The average Bonchev–Trinajstić information content (AvgIpc) is 3.54. The van der Waals surface area contributed by atoms with Crippen molar-refractivity contribution in [3.05, 3.63) is 48.0 Å². The highest BCUT2D eigenvalue weighted by atomic mass is 19.1. The Hall–Kier alpha value is -4.81. The lowest BCUT2D eigenvalue weighted by Crippen LogP contribution is -2.41. The van der Waals surface area contributed by atoms with Gasteiger partial charge in [0.05, 0.1) is 36.6 Å². The van der Waals surface area contributed by atoms with Crippen LogP contribution in [-0.4, -0.2) is 93.4 Å². The van der Waals surface area contributed by atoms with E-state index in [1.54, 1.807) is 46.6 Å². The number of hydrogen-bond donors (Lipinski definition) is 1. The van der Waals surface area contributed by atoms with Gasteiger partial charge in [-0.2, -0.15) is 10.2 Å².